The van der Waals surface area contributed by atoms with Crippen molar-refractivity contribution in [2.45, 2.75) is 0 Å². The number of benzene rings is 1. The number of nitrogen functional groups attached to an aromatic ring is 1. The number of nitrogens with zero attached hydrogens (tertiary/aromatic N) is 5. The van der Waals surface area contributed by atoms with Crippen LogP contribution in [0.25, 0.3) is 34.0 Å². The Bertz CT molecular complexity index is 929. The summed E-state index contributed by atoms with van der Waals surface area (Å²) in [5, 5.41) is 12.0. The maximum atomic E-state index is 5.58. The van der Waals surface area contributed by atoms with Crippen molar-refractivity contribution in [3.05, 3.63) is 36.4 Å². The lowest BCUT2D eigenvalue weighted by atomic mass is 10.2. The van der Waals surface area contributed by atoms with Gasteiger partial charge in [-0.2, -0.15) is 4.98 Å². The van der Waals surface area contributed by atoms with Crippen LogP contribution in [0.2, 0.25) is 0 Å². The van der Waals surface area contributed by atoms with Crippen molar-refractivity contribution in [1.29, 1.82) is 0 Å². The highest BCUT2D eigenvalue weighted by molar-refractivity contribution is 5.80. The summed E-state index contributed by atoms with van der Waals surface area (Å²) in [6, 6.07) is 11.5. The molecule has 0 saturated carbocycles. The number of hydrogen-bond acceptors (Lipinski definition) is 8. The summed E-state index contributed by atoms with van der Waals surface area (Å²) in [5.41, 5.74) is 7.25. The van der Waals surface area contributed by atoms with E-state index in [0.29, 0.717) is 11.5 Å². The smallest absolute Gasteiger partial charge is 0.284 e. The molecule has 4 aromatic rings. The first-order chi connectivity index (χ1) is 10.3. The van der Waals surface area contributed by atoms with Gasteiger partial charge < -0.3 is 10.3 Å². The molecule has 0 bridgehead atoms. The number of fused-ring (bicyclic) bond motifs is 1. The van der Waals surface area contributed by atoms with E-state index in [1.54, 1.807) is 0 Å². The molecule has 0 aliphatic heterocycles. The van der Waals surface area contributed by atoms with Crippen LogP contribution in [-0.4, -0.2) is 25.4 Å². The molecule has 0 aliphatic carbocycles. The topological polar surface area (TPSA) is 117 Å². The Morgan fingerprint density at radius 1 is 0.905 bits per heavy atom. The lowest BCUT2D eigenvalue weighted by Gasteiger charge is -1.98. The van der Waals surface area contributed by atoms with Crippen LogP contribution in [0.3, 0.4) is 0 Å². The quantitative estimate of drug-likeness (QED) is 0.591. The van der Waals surface area contributed by atoms with E-state index in [0.717, 1.165) is 10.9 Å². The molecule has 0 saturated heterocycles. The second-order valence-corrected chi connectivity index (χ2v) is 4.31. The highest BCUT2D eigenvalue weighted by Gasteiger charge is 2.18. The molecular formula is C13H8N6O2. The Hall–Kier alpha value is -3.29. The molecule has 2 N–H and O–H groups in total. The second-order valence-electron chi connectivity index (χ2n) is 4.31. The third-order valence-corrected chi connectivity index (χ3v) is 2.97. The number of pyridine rings is 1. The zero-order chi connectivity index (χ0) is 14.2. The van der Waals surface area contributed by atoms with Gasteiger partial charge in [0.05, 0.1) is 5.52 Å². The monoisotopic (exact) mass is 280 g/mol. The van der Waals surface area contributed by atoms with Gasteiger partial charge in [0.25, 0.3) is 5.89 Å². The average Bonchev–Trinajstić information content (AvgIpc) is 3.15. The summed E-state index contributed by atoms with van der Waals surface area (Å²) in [7, 11) is 0. The van der Waals surface area contributed by atoms with Crippen LogP contribution in [0.5, 0.6) is 0 Å². The minimum Gasteiger partial charge on any atom is -0.379 e. The summed E-state index contributed by atoms with van der Waals surface area (Å²) in [5.74, 6) is 0.577. The third kappa shape index (κ3) is 1.89. The molecule has 0 fully saturated rings. The molecule has 0 spiro atoms. The molecular weight excluding hydrogens is 272 g/mol. The van der Waals surface area contributed by atoms with E-state index in [1.807, 2.05) is 36.4 Å². The van der Waals surface area contributed by atoms with Gasteiger partial charge in [-0.25, -0.2) is 9.61 Å². The lowest BCUT2D eigenvalue weighted by Crippen LogP contribution is -1.89. The van der Waals surface area contributed by atoms with Crippen LogP contribution in [0.1, 0.15) is 0 Å². The van der Waals surface area contributed by atoms with Crippen LogP contribution in [0.15, 0.2) is 45.6 Å². The number of para-hydroxylation sites is 1. The van der Waals surface area contributed by atoms with E-state index in [4.69, 9.17) is 10.3 Å². The van der Waals surface area contributed by atoms with Gasteiger partial charge in [0.1, 0.15) is 5.69 Å². The Balaban J connectivity index is 1.79. The van der Waals surface area contributed by atoms with E-state index in [2.05, 4.69) is 30.1 Å². The van der Waals surface area contributed by atoms with Crippen molar-refractivity contribution in [3.8, 4) is 23.1 Å². The Morgan fingerprint density at radius 3 is 2.67 bits per heavy atom. The molecule has 3 aromatic heterocycles. The molecule has 0 amide bonds. The first kappa shape index (κ1) is 11.5. The zero-order valence-electron chi connectivity index (χ0n) is 10.6. The zero-order valence-corrected chi connectivity index (χ0v) is 10.6. The van der Waals surface area contributed by atoms with Gasteiger partial charge in [0.2, 0.25) is 17.3 Å². The summed E-state index contributed by atoms with van der Waals surface area (Å²) in [4.78, 5) is 8.69. The van der Waals surface area contributed by atoms with Crippen LogP contribution in [0.4, 0.5) is 5.82 Å². The highest BCUT2D eigenvalue weighted by Crippen LogP contribution is 2.24. The standard InChI is InChI=1S/C13H8N6O2/c14-11-10(17-21-18-11)13-16-12(19-20-13)9-6-5-7-3-1-2-4-8(7)15-9/h1-6H,(H2,14,18). The second kappa shape index (κ2) is 4.37. The van der Waals surface area contributed by atoms with Crippen molar-refractivity contribution < 1.29 is 9.15 Å². The van der Waals surface area contributed by atoms with Crippen LogP contribution in [0, 0.1) is 0 Å². The summed E-state index contributed by atoms with van der Waals surface area (Å²) in [6.45, 7) is 0. The number of anilines is 1. The first-order valence-electron chi connectivity index (χ1n) is 6.09. The normalized spacial score (nSPS) is 11.0. The number of aromatic nitrogens is 5. The molecule has 3 heterocycles. The summed E-state index contributed by atoms with van der Waals surface area (Å²) < 4.78 is 9.62. The van der Waals surface area contributed by atoms with Crippen LogP contribution in [-0.2, 0) is 0 Å². The first-order valence-corrected chi connectivity index (χ1v) is 6.09. The number of nitrogens with two attached hydrogens (primary N) is 1. The van der Waals surface area contributed by atoms with Gasteiger partial charge in [-0.1, -0.05) is 29.4 Å². The molecule has 102 valence electrons. The van der Waals surface area contributed by atoms with Crippen molar-refractivity contribution in [3.63, 3.8) is 0 Å². The molecule has 0 atom stereocenters. The number of rotatable bonds is 2. The molecule has 8 nitrogen and oxygen atoms in total. The van der Waals surface area contributed by atoms with Gasteiger partial charge in [-0.15, -0.1) is 0 Å². The van der Waals surface area contributed by atoms with Crippen LogP contribution >= 0.6 is 0 Å². The minimum absolute atomic E-state index is 0.0941. The lowest BCUT2D eigenvalue weighted by molar-refractivity contribution is 0.308. The Morgan fingerprint density at radius 2 is 1.81 bits per heavy atom. The fourth-order valence-corrected chi connectivity index (χ4v) is 1.96. The van der Waals surface area contributed by atoms with E-state index in [1.165, 1.54) is 0 Å². The summed E-state index contributed by atoms with van der Waals surface area (Å²) >= 11 is 0. The SMILES string of the molecule is Nc1nonc1-c1nc(-c2ccc3ccccc3n2)no1. The Labute approximate surface area is 117 Å². The van der Waals surface area contributed by atoms with Crippen molar-refractivity contribution in [2.24, 2.45) is 0 Å². The van der Waals surface area contributed by atoms with Crippen molar-refractivity contribution in [1.82, 2.24) is 25.4 Å². The fourth-order valence-electron chi connectivity index (χ4n) is 1.96. The van der Waals surface area contributed by atoms with E-state index in [9.17, 15) is 0 Å². The molecule has 4 rings (SSSR count). The van der Waals surface area contributed by atoms with Crippen molar-refractivity contribution >= 4 is 16.7 Å². The maximum Gasteiger partial charge on any atom is 0.284 e. The highest BCUT2D eigenvalue weighted by atomic mass is 16.6. The van der Waals surface area contributed by atoms with E-state index < -0.39 is 0 Å². The predicted molar refractivity (Wildman–Crippen MR) is 72.7 cm³/mol. The van der Waals surface area contributed by atoms with Gasteiger partial charge in [-0.3, -0.25) is 0 Å². The molecule has 21 heavy (non-hydrogen) atoms. The van der Waals surface area contributed by atoms with Gasteiger partial charge in [0.15, 0.2) is 0 Å². The largest absolute Gasteiger partial charge is 0.379 e. The predicted octanol–water partition coefficient (Wildman–Crippen LogP) is 1.92. The molecule has 8 heteroatoms. The van der Waals surface area contributed by atoms with Crippen LogP contribution < -0.4 is 5.73 Å². The van der Waals surface area contributed by atoms with Gasteiger partial charge >= 0.3 is 0 Å². The third-order valence-electron chi connectivity index (χ3n) is 2.97. The Kier molecular flexibility index (Phi) is 2.40. The molecule has 0 unspecified atom stereocenters. The minimum atomic E-state index is 0.0941. The van der Waals surface area contributed by atoms with E-state index in [-0.39, 0.29) is 17.4 Å². The van der Waals surface area contributed by atoms with Crippen molar-refractivity contribution in [2.75, 3.05) is 5.73 Å². The number of hydrogen-bond donors (Lipinski definition) is 1. The van der Waals surface area contributed by atoms with Gasteiger partial charge in [0, 0.05) is 5.39 Å². The molecule has 0 aliphatic rings. The molecule has 1 aromatic carbocycles. The maximum absolute atomic E-state index is 5.58. The van der Waals surface area contributed by atoms with E-state index >= 15 is 0 Å². The van der Waals surface area contributed by atoms with Gasteiger partial charge in [-0.05, 0) is 22.4 Å². The summed E-state index contributed by atoms with van der Waals surface area (Å²) in [6.07, 6.45) is 0. The fraction of sp³-hybridized carbons (Fsp3) is 0. The average molecular weight is 280 g/mol. The molecule has 0 radical (unpaired) electrons.